The summed E-state index contributed by atoms with van der Waals surface area (Å²) in [6.07, 6.45) is 0.689. The van der Waals surface area contributed by atoms with Crippen LogP contribution in [0.4, 0.5) is 5.69 Å². The van der Waals surface area contributed by atoms with E-state index in [4.69, 9.17) is 10.00 Å². The number of nitrogens with zero attached hydrogens (tertiary/aromatic N) is 1. The van der Waals surface area contributed by atoms with Gasteiger partial charge in [-0.3, -0.25) is 9.59 Å². The molecule has 0 atom stereocenters. The van der Waals surface area contributed by atoms with Gasteiger partial charge in [0.25, 0.3) is 11.8 Å². The largest absolute Gasteiger partial charge is 0.497 e. The number of anilines is 1. The van der Waals surface area contributed by atoms with E-state index in [1.165, 1.54) is 0 Å². The minimum Gasteiger partial charge on any atom is -0.497 e. The number of benzene rings is 3. The maximum Gasteiger partial charge on any atom is 0.255 e. The van der Waals surface area contributed by atoms with Gasteiger partial charge in [0, 0.05) is 23.4 Å². The molecule has 3 aromatic rings. The van der Waals surface area contributed by atoms with Crippen molar-refractivity contribution in [2.45, 2.75) is 6.42 Å². The predicted octanol–water partition coefficient (Wildman–Crippen LogP) is 3.79. The third-order valence-corrected chi connectivity index (χ3v) is 4.51. The smallest absolute Gasteiger partial charge is 0.255 e. The third kappa shape index (κ3) is 5.46. The molecule has 6 heteroatoms. The molecule has 2 amide bonds. The number of hydrogen-bond donors (Lipinski definition) is 2. The van der Waals surface area contributed by atoms with Gasteiger partial charge in [-0.25, -0.2) is 0 Å². The average Bonchev–Trinajstić information content (AvgIpc) is 2.79. The fourth-order valence-corrected chi connectivity index (χ4v) is 2.85. The molecule has 0 aliphatic carbocycles. The predicted molar refractivity (Wildman–Crippen MR) is 115 cm³/mol. The van der Waals surface area contributed by atoms with Crippen molar-refractivity contribution in [2.24, 2.45) is 0 Å². The Morgan fingerprint density at radius 1 is 0.933 bits per heavy atom. The maximum absolute atomic E-state index is 12.3. The number of methoxy groups -OCH3 is 1. The van der Waals surface area contributed by atoms with Crippen LogP contribution in [0, 0.1) is 11.3 Å². The molecule has 0 spiro atoms. The van der Waals surface area contributed by atoms with Gasteiger partial charge in [-0.1, -0.05) is 12.1 Å². The van der Waals surface area contributed by atoms with Crippen molar-refractivity contribution < 1.29 is 14.3 Å². The number of amides is 2. The van der Waals surface area contributed by atoms with Crippen LogP contribution in [0.3, 0.4) is 0 Å². The van der Waals surface area contributed by atoms with Crippen molar-refractivity contribution in [2.75, 3.05) is 19.0 Å². The lowest BCUT2D eigenvalue weighted by molar-refractivity contribution is 0.0952. The Balaban J connectivity index is 1.52. The SMILES string of the molecule is COc1cccc(CCNC(=O)c2ccc(C(=O)Nc3ccc(C#N)cc3)cc2)c1. The van der Waals surface area contributed by atoms with Crippen molar-refractivity contribution in [3.8, 4) is 11.8 Å². The number of carbonyl (C=O) groups excluding carboxylic acids is 2. The molecule has 0 fully saturated rings. The zero-order valence-electron chi connectivity index (χ0n) is 16.5. The Morgan fingerprint density at radius 2 is 1.60 bits per heavy atom. The molecule has 3 aromatic carbocycles. The summed E-state index contributed by atoms with van der Waals surface area (Å²) in [5.41, 5.74) is 3.11. The highest BCUT2D eigenvalue weighted by atomic mass is 16.5. The van der Waals surface area contributed by atoms with Gasteiger partial charge < -0.3 is 15.4 Å². The summed E-state index contributed by atoms with van der Waals surface area (Å²) < 4.78 is 5.20. The molecule has 0 unspecified atom stereocenters. The monoisotopic (exact) mass is 399 g/mol. The van der Waals surface area contributed by atoms with Crippen LogP contribution in [0.2, 0.25) is 0 Å². The Morgan fingerprint density at radius 3 is 2.23 bits per heavy atom. The van der Waals surface area contributed by atoms with Gasteiger partial charge in [-0.15, -0.1) is 0 Å². The van der Waals surface area contributed by atoms with E-state index in [0.29, 0.717) is 35.3 Å². The normalized spacial score (nSPS) is 10.0. The van der Waals surface area contributed by atoms with Crippen LogP contribution in [0.5, 0.6) is 5.75 Å². The Hall–Kier alpha value is -4.11. The lowest BCUT2D eigenvalue weighted by atomic mass is 10.1. The van der Waals surface area contributed by atoms with E-state index >= 15 is 0 Å². The van der Waals surface area contributed by atoms with E-state index in [-0.39, 0.29) is 11.8 Å². The maximum atomic E-state index is 12.3. The molecule has 0 saturated carbocycles. The number of hydrogen-bond acceptors (Lipinski definition) is 4. The molecule has 150 valence electrons. The second-order valence-corrected chi connectivity index (χ2v) is 6.58. The lowest BCUT2D eigenvalue weighted by Crippen LogP contribution is -2.25. The molecule has 0 radical (unpaired) electrons. The van der Waals surface area contributed by atoms with E-state index < -0.39 is 0 Å². The van der Waals surface area contributed by atoms with Crippen molar-refractivity contribution in [1.29, 1.82) is 5.26 Å². The minimum atomic E-state index is -0.287. The molecule has 0 aliphatic rings. The summed E-state index contributed by atoms with van der Waals surface area (Å²) in [5.74, 6) is 0.301. The molecular formula is C24H21N3O3. The minimum absolute atomic E-state index is 0.197. The van der Waals surface area contributed by atoms with E-state index in [0.717, 1.165) is 11.3 Å². The van der Waals surface area contributed by atoms with Gasteiger partial charge in [-0.2, -0.15) is 5.26 Å². The van der Waals surface area contributed by atoms with Crippen LogP contribution in [-0.4, -0.2) is 25.5 Å². The number of rotatable bonds is 7. The van der Waals surface area contributed by atoms with Crippen molar-refractivity contribution in [3.05, 3.63) is 95.1 Å². The first-order valence-corrected chi connectivity index (χ1v) is 9.42. The topological polar surface area (TPSA) is 91.2 Å². The van der Waals surface area contributed by atoms with Crippen LogP contribution >= 0.6 is 0 Å². The van der Waals surface area contributed by atoms with Gasteiger partial charge >= 0.3 is 0 Å². The highest BCUT2D eigenvalue weighted by molar-refractivity contribution is 6.05. The van der Waals surface area contributed by atoms with E-state index in [1.54, 1.807) is 55.6 Å². The van der Waals surface area contributed by atoms with Crippen LogP contribution in [0.15, 0.2) is 72.8 Å². The number of carbonyl (C=O) groups is 2. The summed E-state index contributed by atoms with van der Waals surface area (Å²) in [6, 6.07) is 22.8. The second-order valence-electron chi connectivity index (χ2n) is 6.58. The summed E-state index contributed by atoms with van der Waals surface area (Å²) in [7, 11) is 1.62. The molecule has 30 heavy (non-hydrogen) atoms. The third-order valence-electron chi connectivity index (χ3n) is 4.51. The second kappa shape index (κ2) is 9.89. The molecule has 0 aliphatic heterocycles. The zero-order valence-corrected chi connectivity index (χ0v) is 16.5. The van der Waals surface area contributed by atoms with Crippen molar-refractivity contribution in [3.63, 3.8) is 0 Å². The Labute approximate surface area is 175 Å². The van der Waals surface area contributed by atoms with Gasteiger partial charge in [0.05, 0.1) is 18.7 Å². The zero-order chi connectivity index (χ0) is 21.3. The van der Waals surface area contributed by atoms with Crippen molar-refractivity contribution in [1.82, 2.24) is 5.32 Å². The highest BCUT2D eigenvalue weighted by Crippen LogP contribution is 2.13. The quantitative estimate of drug-likeness (QED) is 0.632. The molecule has 3 rings (SSSR count). The standard InChI is InChI=1S/C24H21N3O3/c1-30-22-4-2-3-17(15-22)13-14-26-23(28)19-7-9-20(10-8-19)24(29)27-21-11-5-18(16-25)6-12-21/h2-12,15H,13-14H2,1H3,(H,26,28)(H,27,29). The average molecular weight is 399 g/mol. The van der Waals surface area contributed by atoms with E-state index in [2.05, 4.69) is 10.6 Å². The van der Waals surface area contributed by atoms with Gasteiger partial charge in [0.1, 0.15) is 5.75 Å². The van der Waals surface area contributed by atoms with Crippen LogP contribution in [0.25, 0.3) is 0 Å². The Bertz CT molecular complexity index is 1070. The molecule has 0 aromatic heterocycles. The summed E-state index contributed by atoms with van der Waals surface area (Å²) in [5, 5.41) is 14.5. The molecule has 0 bridgehead atoms. The molecular weight excluding hydrogens is 378 g/mol. The fourth-order valence-electron chi connectivity index (χ4n) is 2.85. The first-order valence-electron chi connectivity index (χ1n) is 9.42. The molecule has 6 nitrogen and oxygen atoms in total. The van der Waals surface area contributed by atoms with E-state index in [1.807, 2.05) is 30.3 Å². The summed E-state index contributed by atoms with van der Waals surface area (Å²) >= 11 is 0. The highest BCUT2D eigenvalue weighted by Gasteiger charge is 2.09. The molecule has 0 heterocycles. The lowest BCUT2D eigenvalue weighted by Gasteiger charge is -2.08. The summed E-state index contributed by atoms with van der Waals surface area (Å²) in [6.45, 7) is 0.493. The first kappa shape index (κ1) is 20.6. The number of ether oxygens (including phenoxy) is 1. The summed E-state index contributed by atoms with van der Waals surface area (Å²) in [4.78, 5) is 24.7. The fraction of sp³-hybridized carbons (Fsp3) is 0.125. The van der Waals surface area contributed by atoms with Gasteiger partial charge in [0.15, 0.2) is 0 Å². The molecule has 0 saturated heterocycles. The van der Waals surface area contributed by atoms with Gasteiger partial charge in [0.2, 0.25) is 0 Å². The molecule has 2 N–H and O–H groups in total. The Kier molecular flexibility index (Phi) is 6.80. The number of nitrogens with one attached hydrogen (secondary N) is 2. The van der Waals surface area contributed by atoms with Gasteiger partial charge in [-0.05, 0) is 72.6 Å². The van der Waals surface area contributed by atoms with E-state index in [9.17, 15) is 9.59 Å². The first-order chi connectivity index (χ1) is 14.6. The number of nitriles is 1. The van der Waals surface area contributed by atoms with Crippen LogP contribution in [0.1, 0.15) is 31.8 Å². The van der Waals surface area contributed by atoms with Crippen molar-refractivity contribution >= 4 is 17.5 Å². The van der Waals surface area contributed by atoms with Crippen LogP contribution < -0.4 is 15.4 Å². The van der Waals surface area contributed by atoms with Crippen LogP contribution in [-0.2, 0) is 6.42 Å².